The Kier molecular flexibility index (Phi) is 4.19. The summed E-state index contributed by atoms with van der Waals surface area (Å²) >= 11 is 0. The van der Waals surface area contributed by atoms with Crippen LogP contribution in [0.2, 0.25) is 0 Å². The van der Waals surface area contributed by atoms with Crippen molar-refractivity contribution in [1.29, 1.82) is 0 Å². The molecule has 0 spiro atoms. The van der Waals surface area contributed by atoms with Crippen molar-refractivity contribution in [3.8, 4) is 5.75 Å². The summed E-state index contributed by atoms with van der Waals surface area (Å²) in [6.45, 7) is 12.8. The molecular formula is C19H25NO2. The Morgan fingerprint density at radius 2 is 1.73 bits per heavy atom. The molecular weight excluding hydrogens is 274 g/mol. The standard InChI is InChI=1S/C19H25NO2/c1-18(2,3)13-10-15(19(4,5)6)17(21)16(11-13)20-12-14-8-7-9-22-14/h7-12,21H,1-6H3. The molecule has 2 aromatic rings. The maximum Gasteiger partial charge on any atom is 0.144 e. The topological polar surface area (TPSA) is 45.7 Å². The van der Waals surface area contributed by atoms with Crippen LogP contribution in [0.1, 0.15) is 58.4 Å². The van der Waals surface area contributed by atoms with Gasteiger partial charge in [0.05, 0.1) is 12.5 Å². The zero-order valence-corrected chi connectivity index (χ0v) is 14.3. The fraction of sp³-hybridized carbons (Fsp3) is 0.421. The van der Waals surface area contributed by atoms with Gasteiger partial charge in [0.2, 0.25) is 0 Å². The molecule has 0 aliphatic rings. The molecule has 0 amide bonds. The monoisotopic (exact) mass is 299 g/mol. The van der Waals surface area contributed by atoms with E-state index in [1.807, 2.05) is 18.2 Å². The van der Waals surface area contributed by atoms with Crippen LogP contribution in [0.5, 0.6) is 5.75 Å². The van der Waals surface area contributed by atoms with Crippen molar-refractivity contribution in [2.24, 2.45) is 4.99 Å². The third kappa shape index (κ3) is 3.59. The summed E-state index contributed by atoms with van der Waals surface area (Å²) in [6, 6.07) is 7.68. The highest BCUT2D eigenvalue weighted by molar-refractivity contribution is 5.80. The first-order valence-corrected chi connectivity index (χ1v) is 7.54. The lowest BCUT2D eigenvalue weighted by molar-refractivity contribution is 0.446. The maximum atomic E-state index is 10.6. The Morgan fingerprint density at radius 1 is 1.05 bits per heavy atom. The number of benzene rings is 1. The number of rotatable bonds is 2. The molecule has 0 aliphatic heterocycles. The van der Waals surface area contributed by atoms with Crippen LogP contribution in [-0.4, -0.2) is 11.3 Å². The van der Waals surface area contributed by atoms with Crippen molar-refractivity contribution in [1.82, 2.24) is 0 Å². The van der Waals surface area contributed by atoms with Crippen LogP contribution in [0, 0.1) is 0 Å². The molecule has 0 atom stereocenters. The molecule has 1 heterocycles. The third-order valence-electron chi connectivity index (χ3n) is 3.64. The fourth-order valence-electron chi connectivity index (χ4n) is 2.22. The van der Waals surface area contributed by atoms with E-state index in [9.17, 15) is 5.11 Å². The SMILES string of the molecule is CC(C)(C)c1cc(N=Cc2ccco2)c(O)c(C(C)(C)C)c1. The van der Waals surface area contributed by atoms with E-state index in [0.29, 0.717) is 11.4 Å². The minimum Gasteiger partial charge on any atom is -0.505 e. The van der Waals surface area contributed by atoms with Gasteiger partial charge in [0.25, 0.3) is 0 Å². The Bertz CT molecular complexity index is 669. The van der Waals surface area contributed by atoms with E-state index in [-0.39, 0.29) is 16.6 Å². The molecule has 22 heavy (non-hydrogen) atoms. The third-order valence-corrected chi connectivity index (χ3v) is 3.64. The minimum absolute atomic E-state index is 0.0113. The number of hydrogen-bond donors (Lipinski definition) is 1. The lowest BCUT2D eigenvalue weighted by atomic mass is 9.80. The minimum atomic E-state index is -0.152. The van der Waals surface area contributed by atoms with E-state index in [1.165, 1.54) is 0 Å². The van der Waals surface area contributed by atoms with E-state index in [4.69, 9.17) is 4.42 Å². The van der Waals surface area contributed by atoms with Crippen LogP contribution in [0.3, 0.4) is 0 Å². The number of aromatic hydroxyl groups is 1. The predicted molar refractivity (Wildman–Crippen MR) is 91.5 cm³/mol. The molecule has 0 radical (unpaired) electrons. The highest BCUT2D eigenvalue weighted by Crippen LogP contribution is 2.41. The number of hydrogen-bond acceptors (Lipinski definition) is 3. The molecule has 3 heteroatoms. The Morgan fingerprint density at radius 3 is 2.23 bits per heavy atom. The second kappa shape index (κ2) is 5.64. The molecule has 118 valence electrons. The molecule has 0 unspecified atom stereocenters. The summed E-state index contributed by atoms with van der Waals surface area (Å²) < 4.78 is 5.26. The predicted octanol–water partition coefficient (Wildman–Crippen LogP) is 5.33. The van der Waals surface area contributed by atoms with Gasteiger partial charge < -0.3 is 9.52 Å². The van der Waals surface area contributed by atoms with Crippen molar-refractivity contribution in [3.05, 3.63) is 47.4 Å². The van der Waals surface area contributed by atoms with Gasteiger partial charge in [0, 0.05) is 5.56 Å². The molecule has 1 aromatic heterocycles. The van der Waals surface area contributed by atoms with Gasteiger partial charge in [-0.3, -0.25) is 0 Å². The summed E-state index contributed by atoms with van der Waals surface area (Å²) in [5.41, 5.74) is 2.48. The summed E-state index contributed by atoms with van der Waals surface area (Å²) in [5, 5.41) is 10.6. The second-order valence-electron chi connectivity index (χ2n) is 7.67. The zero-order chi connectivity index (χ0) is 16.5. The van der Waals surface area contributed by atoms with Gasteiger partial charge in [-0.25, -0.2) is 4.99 Å². The van der Waals surface area contributed by atoms with E-state index < -0.39 is 0 Å². The van der Waals surface area contributed by atoms with Gasteiger partial charge in [-0.05, 0) is 34.6 Å². The lowest BCUT2D eigenvalue weighted by Gasteiger charge is -2.26. The number of furan rings is 1. The van der Waals surface area contributed by atoms with Crippen molar-refractivity contribution < 1.29 is 9.52 Å². The summed E-state index contributed by atoms with van der Waals surface area (Å²) in [4.78, 5) is 4.43. The smallest absolute Gasteiger partial charge is 0.144 e. The average Bonchev–Trinajstić information content (AvgIpc) is 2.87. The first kappa shape index (κ1) is 16.3. The van der Waals surface area contributed by atoms with E-state index in [2.05, 4.69) is 52.6 Å². The molecule has 1 aromatic carbocycles. The van der Waals surface area contributed by atoms with E-state index >= 15 is 0 Å². The van der Waals surface area contributed by atoms with Gasteiger partial charge in [-0.1, -0.05) is 47.6 Å². The van der Waals surface area contributed by atoms with Gasteiger partial charge in [0.1, 0.15) is 17.2 Å². The van der Waals surface area contributed by atoms with Crippen LogP contribution in [0.25, 0.3) is 0 Å². The fourth-order valence-corrected chi connectivity index (χ4v) is 2.22. The summed E-state index contributed by atoms with van der Waals surface area (Å²) in [7, 11) is 0. The molecule has 0 bridgehead atoms. The molecule has 2 rings (SSSR count). The first-order chi connectivity index (χ1) is 10.1. The van der Waals surface area contributed by atoms with Gasteiger partial charge in [-0.15, -0.1) is 0 Å². The number of nitrogens with zero attached hydrogens (tertiary/aromatic N) is 1. The number of phenols is 1. The largest absolute Gasteiger partial charge is 0.505 e. The Labute approximate surface area is 132 Å². The van der Waals surface area contributed by atoms with E-state index in [1.54, 1.807) is 12.5 Å². The first-order valence-electron chi connectivity index (χ1n) is 7.54. The molecule has 0 aliphatic carbocycles. The average molecular weight is 299 g/mol. The van der Waals surface area contributed by atoms with Crippen LogP contribution in [0.15, 0.2) is 39.9 Å². The lowest BCUT2D eigenvalue weighted by Crippen LogP contribution is -2.16. The second-order valence-corrected chi connectivity index (χ2v) is 7.67. The van der Waals surface area contributed by atoms with Crippen molar-refractivity contribution >= 4 is 11.9 Å². The Balaban J connectivity index is 2.57. The quantitative estimate of drug-likeness (QED) is 0.762. The molecule has 1 N–H and O–H groups in total. The number of aliphatic imine (C=N–C) groups is 1. The number of phenolic OH excluding ortho intramolecular Hbond substituents is 1. The molecule has 0 saturated heterocycles. The van der Waals surface area contributed by atoms with Gasteiger partial charge in [-0.2, -0.15) is 0 Å². The highest BCUT2D eigenvalue weighted by Gasteiger charge is 2.24. The Hall–Kier alpha value is -2.03. The van der Waals surface area contributed by atoms with Crippen LogP contribution >= 0.6 is 0 Å². The van der Waals surface area contributed by atoms with Gasteiger partial charge in [0.15, 0.2) is 0 Å². The molecule has 0 saturated carbocycles. The van der Waals surface area contributed by atoms with Crippen molar-refractivity contribution in [3.63, 3.8) is 0 Å². The highest BCUT2D eigenvalue weighted by atomic mass is 16.3. The van der Waals surface area contributed by atoms with Crippen molar-refractivity contribution in [2.75, 3.05) is 0 Å². The van der Waals surface area contributed by atoms with Crippen LogP contribution < -0.4 is 0 Å². The van der Waals surface area contributed by atoms with Gasteiger partial charge >= 0.3 is 0 Å². The van der Waals surface area contributed by atoms with Crippen LogP contribution in [0.4, 0.5) is 5.69 Å². The summed E-state index contributed by atoms with van der Waals surface area (Å²) in [5.74, 6) is 0.904. The molecule has 3 nitrogen and oxygen atoms in total. The van der Waals surface area contributed by atoms with Crippen LogP contribution in [-0.2, 0) is 10.8 Å². The maximum absolute atomic E-state index is 10.6. The molecule has 0 fully saturated rings. The zero-order valence-electron chi connectivity index (χ0n) is 14.3. The van der Waals surface area contributed by atoms with Crippen molar-refractivity contribution in [2.45, 2.75) is 52.4 Å². The van der Waals surface area contributed by atoms with E-state index in [0.717, 1.165) is 11.1 Å². The normalized spacial score (nSPS) is 13.0. The summed E-state index contributed by atoms with van der Waals surface area (Å²) in [6.07, 6.45) is 3.24.